The van der Waals surface area contributed by atoms with Crippen molar-refractivity contribution in [3.63, 3.8) is 0 Å². The molecule has 6 heteroatoms. The van der Waals surface area contributed by atoms with Gasteiger partial charge in [-0.05, 0) is 24.6 Å². The average Bonchev–Trinajstić information content (AvgIpc) is 2.29. The van der Waals surface area contributed by atoms with Crippen molar-refractivity contribution in [3.05, 3.63) is 34.9 Å². The predicted octanol–water partition coefficient (Wildman–Crippen LogP) is 2.95. The third-order valence-electron chi connectivity index (χ3n) is 2.51. The highest BCUT2D eigenvalue weighted by Gasteiger charge is 2.31. The van der Waals surface area contributed by atoms with Crippen LogP contribution in [-0.4, -0.2) is 23.2 Å². The summed E-state index contributed by atoms with van der Waals surface area (Å²) in [5.74, 6) is 0. The summed E-state index contributed by atoms with van der Waals surface area (Å²) in [4.78, 5) is 10.9. The second kappa shape index (κ2) is 5.91. The van der Waals surface area contributed by atoms with E-state index < -0.39 is 15.5 Å². The van der Waals surface area contributed by atoms with Crippen LogP contribution in [0.2, 0.25) is 5.02 Å². The summed E-state index contributed by atoms with van der Waals surface area (Å²) in [6, 6.07) is 6.87. The molecule has 0 aliphatic heterocycles. The molecule has 0 saturated carbocycles. The topological polar surface area (TPSA) is 40.1 Å². The Bertz CT molecular complexity index is 396. The van der Waals surface area contributed by atoms with E-state index in [1.165, 1.54) is 0 Å². The van der Waals surface area contributed by atoms with Gasteiger partial charge in [0.15, 0.2) is 11.8 Å². The Morgan fingerprint density at radius 3 is 2.35 bits per heavy atom. The number of halogens is 3. The number of likely N-dealkylation sites (N-methyl/N-ethyl adjacent to an activating group) is 1. The number of amides is 1. The number of hydrogen-bond donors (Lipinski definition) is 0. The minimum atomic E-state index is -1.35. The Balaban J connectivity index is 2.81. The molecule has 0 spiro atoms. The lowest BCUT2D eigenvalue weighted by Gasteiger charge is -2.29. The lowest BCUT2D eigenvalue weighted by atomic mass is 10.1. The van der Waals surface area contributed by atoms with E-state index in [1.807, 2.05) is 0 Å². The van der Waals surface area contributed by atoms with Gasteiger partial charge in [-0.1, -0.05) is 23.7 Å². The Labute approximate surface area is 115 Å². The van der Waals surface area contributed by atoms with E-state index in [9.17, 15) is 9.90 Å². The minimum absolute atomic E-state index is 0.0452. The summed E-state index contributed by atoms with van der Waals surface area (Å²) in [7, 11) is 0. The summed E-state index contributed by atoms with van der Waals surface area (Å²) in [5, 5.41) is 11.0. The molecule has 0 fully saturated rings. The SMILES string of the molecule is CC[N+](Cl)(CC(Cl)c1ccc(Cl)cc1)C(=O)[O-]. The molecule has 1 aromatic rings. The van der Waals surface area contributed by atoms with E-state index in [0.717, 1.165) is 5.56 Å². The summed E-state index contributed by atoms with van der Waals surface area (Å²) in [6.45, 7) is 1.90. The molecule has 1 aromatic carbocycles. The molecule has 3 nitrogen and oxygen atoms in total. The highest BCUT2D eigenvalue weighted by atomic mass is 35.5. The van der Waals surface area contributed by atoms with Crippen molar-refractivity contribution in [1.82, 2.24) is 0 Å². The van der Waals surface area contributed by atoms with Crippen molar-refractivity contribution in [2.45, 2.75) is 12.3 Å². The van der Waals surface area contributed by atoms with Gasteiger partial charge in [0, 0.05) is 5.02 Å². The zero-order valence-corrected chi connectivity index (χ0v) is 11.5. The van der Waals surface area contributed by atoms with Gasteiger partial charge in [0.05, 0.1) is 6.54 Å². The molecule has 17 heavy (non-hydrogen) atoms. The average molecular weight is 297 g/mol. The first-order valence-corrected chi connectivity index (χ1v) is 6.22. The van der Waals surface area contributed by atoms with Gasteiger partial charge in [0.2, 0.25) is 0 Å². The largest absolute Gasteiger partial charge is 0.497 e. The summed E-state index contributed by atoms with van der Waals surface area (Å²) < 4.78 is -0.739. The minimum Gasteiger partial charge on any atom is -0.497 e. The Morgan fingerprint density at radius 2 is 1.94 bits per heavy atom. The van der Waals surface area contributed by atoms with Gasteiger partial charge >= 0.3 is 0 Å². The van der Waals surface area contributed by atoms with E-state index in [-0.39, 0.29) is 13.1 Å². The van der Waals surface area contributed by atoms with Gasteiger partial charge in [0.1, 0.15) is 11.9 Å². The van der Waals surface area contributed by atoms with Crippen LogP contribution in [0, 0.1) is 0 Å². The molecule has 2 atom stereocenters. The number of carbonyl (C=O) groups is 1. The van der Waals surface area contributed by atoms with Gasteiger partial charge in [-0.2, -0.15) is 4.00 Å². The number of benzene rings is 1. The maximum atomic E-state index is 10.9. The van der Waals surface area contributed by atoms with Crippen LogP contribution in [0.25, 0.3) is 0 Å². The van der Waals surface area contributed by atoms with Crippen LogP contribution in [0.3, 0.4) is 0 Å². The van der Waals surface area contributed by atoms with Crippen molar-refractivity contribution in [2.24, 2.45) is 0 Å². The van der Waals surface area contributed by atoms with Crippen LogP contribution in [0.5, 0.6) is 0 Å². The monoisotopic (exact) mass is 295 g/mol. The van der Waals surface area contributed by atoms with Crippen LogP contribution in [0.1, 0.15) is 17.9 Å². The second-order valence-corrected chi connectivity index (χ2v) is 5.26. The molecule has 0 heterocycles. The molecule has 1 amide bonds. The molecule has 94 valence electrons. The van der Waals surface area contributed by atoms with Gasteiger partial charge in [-0.15, -0.1) is 11.6 Å². The van der Waals surface area contributed by atoms with Crippen molar-refractivity contribution in [3.8, 4) is 0 Å². The molecule has 0 aliphatic rings. The Hall–Kier alpha value is -0.480. The maximum absolute atomic E-state index is 10.9. The number of nitrogens with zero attached hydrogens (tertiary/aromatic N) is 1. The summed E-state index contributed by atoms with van der Waals surface area (Å²) >= 11 is 17.8. The molecule has 1 rings (SSSR count). The number of hydrogen-bond acceptors (Lipinski definition) is 2. The number of rotatable bonds is 4. The van der Waals surface area contributed by atoms with Gasteiger partial charge in [-0.3, -0.25) is 0 Å². The summed E-state index contributed by atoms with van der Waals surface area (Å²) in [5.41, 5.74) is 0.772. The van der Waals surface area contributed by atoms with Crippen LogP contribution in [0.4, 0.5) is 4.79 Å². The maximum Gasteiger partial charge on any atom is 0.276 e. The number of quaternary nitrogens is 1. The molecular weight excluding hydrogens is 284 g/mol. The molecule has 0 aromatic heterocycles. The molecule has 0 bridgehead atoms. The molecule has 0 saturated heterocycles. The second-order valence-electron chi connectivity index (χ2n) is 3.65. The fourth-order valence-corrected chi connectivity index (χ4v) is 2.08. The Morgan fingerprint density at radius 1 is 1.41 bits per heavy atom. The zero-order valence-electron chi connectivity index (χ0n) is 9.20. The van der Waals surface area contributed by atoms with E-state index in [0.29, 0.717) is 5.02 Å². The highest BCUT2D eigenvalue weighted by Crippen LogP contribution is 2.27. The third-order valence-corrected chi connectivity index (χ3v) is 3.67. The highest BCUT2D eigenvalue weighted by molar-refractivity contribution is 6.30. The zero-order chi connectivity index (χ0) is 13.1. The number of alkyl halides is 1. The molecule has 0 radical (unpaired) electrons. The lowest BCUT2D eigenvalue weighted by molar-refractivity contribution is -0.764. The van der Waals surface area contributed by atoms with E-state index in [4.69, 9.17) is 35.0 Å². The van der Waals surface area contributed by atoms with Crippen molar-refractivity contribution >= 4 is 41.1 Å². The van der Waals surface area contributed by atoms with Gasteiger partial charge in [0.25, 0.3) is 6.09 Å². The normalized spacial score (nSPS) is 16.2. The van der Waals surface area contributed by atoms with E-state index >= 15 is 0 Å². The van der Waals surface area contributed by atoms with Crippen LogP contribution in [0.15, 0.2) is 24.3 Å². The van der Waals surface area contributed by atoms with E-state index in [2.05, 4.69) is 0 Å². The van der Waals surface area contributed by atoms with Crippen LogP contribution < -0.4 is 5.11 Å². The first-order valence-electron chi connectivity index (χ1n) is 5.07. The predicted molar refractivity (Wildman–Crippen MR) is 67.0 cm³/mol. The van der Waals surface area contributed by atoms with Gasteiger partial charge < -0.3 is 9.90 Å². The molecule has 0 aliphatic carbocycles. The lowest BCUT2D eigenvalue weighted by Crippen LogP contribution is -2.52. The number of carbonyl (C=O) groups excluding carboxylic acids is 1. The third kappa shape index (κ3) is 3.75. The van der Waals surface area contributed by atoms with Crippen molar-refractivity contribution < 1.29 is 13.9 Å². The van der Waals surface area contributed by atoms with Gasteiger partial charge in [-0.25, -0.2) is 0 Å². The Kier molecular flexibility index (Phi) is 5.07. The number of carboxylic acid groups (broad SMARTS) is 1. The fourth-order valence-electron chi connectivity index (χ4n) is 1.36. The van der Waals surface area contributed by atoms with Crippen LogP contribution >= 0.6 is 35.0 Å². The van der Waals surface area contributed by atoms with Crippen molar-refractivity contribution in [1.29, 1.82) is 0 Å². The molecular formula is C11H12Cl3NO2. The molecule has 0 N–H and O–H groups in total. The smallest absolute Gasteiger partial charge is 0.276 e. The van der Waals surface area contributed by atoms with E-state index in [1.54, 1.807) is 31.2 Å². The molecule has 2 unspecified atom stereocenters. The van der Waals surface area contributed by atoms with Crippen molar-refractivity contribution in [2.75, 3.05) is 13.1 Å². The standard InChI is InChI=1S/C11H12Cl3NO2/c1-2-15(14,11(16)17)7-10(13)8-3-5-9(12)6-4-8/h3-6,10H,2,7H2,1H3. The first kappa shape index (κ1) is 14.6. The fraction of sp³-hybridized carbons (Fsp3) is 0.364. The summed E-state index contributed by atoms with van der Waals surface area (Å²) in [6.07, 6.45) is -1.35. The quantitative estimate of drug-likeness (QED) is 0.633. The van der Waals surface area contributed by atoms with Crippen LogP contribution in [-0.2, 0) is 0 Å². The first-order chi connectivity index (χ1) is 7.89.